The normalized spacial score (nSPS) is 13.2. The first-order valence-electron chi connectivity index (χ1n) is 5.82. The first kappa shape index (κ1) is 13.3. The Kier molecular flexibility index (Phi) is 5.27. The molecule has 3 nitrogen and oxygen atoms in total. The number of nitrogens with two attached hydrogens (primary N) is 1. The van der Waals surface area contributed by atoms with Crippen LogP contribution in [0.25, 0.3) is 0 Å². The van der Waals surface area contributed by atoms with E-state index in [4.69, 9.17) is 5.73 Å². The molecule has 0 aliphatic rings. The van der Waals surface area contributed by atoms with Gasteiger partial charge in [-0.25, -0.2) is 0 Å². The molecule has 0 amide bonds. The molecule has 0 radical (unpaired) electrons. The Labute approximate surface area is 103 Å². The zero-order valence-electron chi connectivity index (χ0n) is 10.6. The van der Waals surface area contributed by atoms with Crippen molar-refractivity contribution in [3.8, 4) is 0 Å². The SMILES string of the molecule is C=C(C)CNC(N)=NCC(C)c1ccccc1. The summed E-state index contributed by atoms with van der Waals surface area (Å²) >= 11 is 0. The highest BCUT2D eigenvalue weighted by atomic mass is 15.1. The Balaban J connectivity index is 2.44. The second-order valence-electron chi connectivity index (χ2n) is 4.35. The van der Waals surface area contributed by atoms with Gasteiger partial charge in [0, 0.05) is 19.0 Å². The maximum Gasteiger partial charge on any atom is 0.188 e. The molecule has 0 heterocycles. The van der Waals surface area contributed by atoms with Crippen LogP contribution >= 0.6 is 0 Å². The van der Waals surface area contributed by atoms with Crippen LogP contribution < -0.4 is 11.1 Å². The van der Waals surface area contributed by atoms with E-state index < -0.39 is 0 Å². The summed E-state index contributed by atoms with van der Waals surface area (Å²) in [6.07, 6.45) is 0. The van der Waals surface area contributed by atoms with Gasteiger partial charge >= 0.3 is 0 Å². The monoisotopic (exact) mass is 231 g/mol. The van der Waals surface area contributed by atoms with Crippen LogP contribution in [0.4, 0.5) is 0 Å². The van der Waals surface area contributed by atoms with Gasteiger partial charge in [0.15, 0.2) is 5.96 Å². The van der Waals surface area contributed by atoms with Gasteiger partial charge in [-0.1, -0.05) is 49.4 Å². The summed E-state index contributed by atoms with van der Waals surface area (Å²) in [5.74, 6) is 0.858. The molecule has 17 heavy (non-hydrogen) atoms. The average molecular weight is 231 g/mol. The van der Waals surface area contributed by atoms with Crippen LogP contribution in [-0.4, -0.2) is 19.0 Å². The maximum absolute atomic E-state index is 5.75. The van der Waals surface area contributed by atoms with E-state index in [1.807, 2.05) is 25.1 Å². The van der Waals surface area contributed by atoms with Crippen molar-refractivity contribution < 1.29 is 0 Å². The molecule has 0 saturated heterocycles. The predicted molar refractivity (Wildman–Crippen MR) is 74.2 cm³/mol. The van der Waals surface area contributed by atoms with E-state index >= 15 is 0 Å². The summed E-state index contributed by atoms with van der Waals surface area (Å²) in [7, 11) is 0. The van der Waals surface area contributed by atoms with Gasteiger partial charge in [0.1, 0.15) is 0 Å². The number of hydrogen-bond acceptors (Lipinski definition) is 1. The molecule has 1 rings (SSSR count). The number of rotatable bonds is 5. The van der Waals surface area contributed by atoms with E-state index in [1.54, 1.807) is 0 Å². The third kappa shape index (κ3) is 5.20. The van der Waals surface area contributed by atoms with Crippen molar-refractivity contribution in [3.05, 3.63) is 48.0 Å². The topological polar surface area (TPSA) is 50.4 Å². The van der Waals surface area contributed by atoms with Crippen molar-refractivity contribution in [1.29, 1.82) is 0 Å². The summed E-state index contributed by atoms with van der Waals surface area (Å²) < 4.78 is 0. The van der Waals surface area contributed by atoms with Crippen LogP contribution in [0.3, 0.4) is 0 Å². The predicted octanol–water partition coefficient (Wildman–Crippen LogP) is 2.27. The van der Waals surface area contributed by atoms with Gasteiger partial charge < -0.3 is 11.1 Å². The van der Waals surface area contributed by atoms with Crippen LogP contribution in [0.5, 0.6) is 0 Å². The van der Waals surface area contributed by atoms with Gasteiger partial charge in [-0.2, -0.15) is 0 Å². The smallest absolute Gasteiger partial charge is 0.188 e. The maximum atomic E-state index is 5.75. The number of aliphatic imine (C=N–C) groups is 1. The molecule has 92 valence electrons. The first-order valence-corrected chi connectivity index (χ1v) is 5.82. The molecule has 1 atom stereocenters. The minimum absolute atomic E-state index is 0.376. The van der Waals surface area contributed by atoms with Crippen LogP contribution in [0.15, 0.2) is 47.5 Å². The molecule has 0 bridgehead atoms. The molecule has 1 unspecified atom stereocenters. The van der Waals surface area contributed by atoms with E-state index in [0.717, 1.165) is 5.57 Å². The zero-order valence-corrected chi connectivity index (χ0v) is 10.6. The minimum atomic E-state index is 0.376. The molecular weight excluding hydrogens is 210 g/mol. The Bertz CT molecular complexity index is 382. The summed E-state index contributed by atoms with van der Waals surface area (Å²) in [5, 5.41) is 3.02. The van der Waals surface area contributed by atoms with Gasteiger partial charge in [-0.3, -0.25) is 4.99 Å². The fraction of sp³-hybridized carbons (Fsp3) is 0.357. The van der Waals surface area contributed by atoms with Gasteiger partial charge in [-0.05, 0) is 12.5 Å². The van der Waals surface area contributed by atoms with E-state index in [9.17, 15) is 0 Å². The zero-order chi connectivity index (χ0) is 12.7. The van der Waals surface area contributed by atoms with Crippen molar-refractivity contribution >= 4 is 5.96 Å². The Hall–Kier alpha value is -1.77. The molecule has 3 heteroatoms. The van der Waals surface area contributed by atoms with Gasteiger partial charge in [0.05, 0.1) is 0 Å². The third-order valence-corrected chi connectivity index (χ3v) is 2.48. The number of guanidine groups is 1. The van der Waals surface area contributed by atoms with Crippen LogP contribution in [0.2, 0.25) is 0 Å². The molecule has 0 aliphatic carbocycles. The quantitative estimate of drug-likeness (QED) is 0.464. The van der Waals surface area contributed by atoms with Crippen molar-refractivity contribution in [2.45, 2.75) is 19.8 Å². The molecule has 1 aromatic carbocycles. The number of hydrogen-bond donors (Lipinski definition) is 2. The van der Waals surface area contributed by atoms with Gasteiger partial charge in [0.25, 0.3) is 0 Å². The van der Waals surface area contributed by atoms with Crippen molar-refractivity contribution in [1.82, 2.24) is 5.32 Å². The Morgan fingerprint density at radius 1 is 1.41 bits per heavy atom. The molecule has 0 saturated carbocycles. The van der Waals surface area contributed by atoms with E-state index in [-0.39, 0.29) is 0 Å². The third-order valence-electron chi connectivity index (χ3n) is 2.48. The first-order chi connectivity index (χ1) is 8.09. The molecule has 0 aromatic heterocycles. The lowest BCUT2D eigenvalue weighted by molar-refractivity contribution is 0.767. The lowest BCUT2D eigenvalue weighted by Gasteiger charge is -2.10. The number of nitrogens with zero attached hydrogens (tertiary/aromatic N) is 1. The fourth-order valence-electron chi connectivity index (χ4n) is 1.42. The number of benzene rings is 1. The van der Waals surface area contributed by atoms with E-state index in [2.05, 4.69) is 35.9 Å². The standard InChI is InChI=1S/C14H21N3/c1-11(2)9-16-14(15)17-10-12(3)13-7-5-4-6-8-13/h4-8,12H,1,9-10H2,2-3H3,(H3,15,16,17). The average Bonchev–Trinajstić information content (AvgIpc) is 2.34. The minimum Gasteiger partial charge on any atom is -0.370 e. The van der Waals surface area contributed by atoms with Crippen LogP contribution in [0, 0.1) is 0 Å². The molecule has 0 aliphatic heterocycles. The highest BCUT2D eigenvalue weighted by Gasteiger charge is 2.03. The Morgan fingerprint density at radius 3 is 2.65 bits per heavy atom. The highest BCUT2D eigenvalue weighted by Crippen LogP contribution is 2.14. The van der Waals surface area contributed by atoms with Crippen molar-refractivity contribution in [2.75, 3.05) is 13.1 Å². The number of nitrogens with one attached hydrogen (secondary N) is 1. The highest BCUT2D eigenvalue weighted by molar-refractivity contribution is 5.78. The molecule has 3 N–H and O–H groups in total. The van der Waals surface area contributed by atoms with Crippen molar-refractivity contribution in [3.63, 3.8) is 0 Å². The fourth-order valence-corrected chi connectivity index (χ4v) is 1.42. The molecule has 0 fully saturated rings. The van der Waals surface area contributed by atoms with Crippen LogP contribution in [0.1, 0.15) is 25.3 Å². The molecular formula is C14H21N3. The second kappa shape index (κ2) is 6.74. The lowest BCUT2D eigenvalue weighted by Crippen LogP contribution is -2.33. The largest absolute Gasteiger partial charge is 0.370 e. The Morgan fingerprint density at radius 2 is 2.06 bits per heavy atom. The van der Waals surface area contributed by atoms with Gasteiger partial charge in [-0.15, -0.1) is 0 Å². The molecule has 0 spiro atoms. The van der Waals surface area contributed by atoms with Gasteiger partial charge in [0.2, 0.25) is 0 Å². The lowest BCUT2D eigenvalue weighted by atomic mass is 10.0. The summed E-state index contributed by atoms with van der Waals surface area (Å²) in [4.78, 5) is 4.31. The van der Waals surface area contributed by atoms with Crippen LogP contribution in [-0.2, 0) is 0 Å². The molecule has 1 aromatic rings. The second-order valence-corrected chi connectivity index (χ2v) is 4.35. The summed E-state index contributed by atoms with van der Waals surface area (Å²) in [5.41, 5.74) is 8.07. The summed E-state index contributed by atoms with van der Waals surface area (Å²) in [6, 6.07) is 10.3. The van der Waals surface area contributed by atoms with E-state index in [1.165, 1.54) is 5.56 Å². The van der Waals surface area contributed by atoms with Crippen molar-refractivity contribution in [2.24, 2.45) is 10.7 Å². The van der Waals surface area contributed by atoms with E-state index in [0.29, 0.717) is 25.0 Å². The summed E-state index contributed by atoms with van der Waals surface area (Å²) in [6.45, 7) is 9.26.